The lowest BCUT2D eigenvalue weighted by molar-refractivity contribution is -0.387. The maximum absolute atomic E-state index is 11.7. The van der Waals surface area contributed by atoms with Crippen molar-refractivity contribution in [2.75, 3.05) is 0 Å². The average Bonchev–Trinajstić information content (AvgIpc) is 2.75. The average molecular weight is 440 g/mol. The van der Waals surface area contributed by atoms with Crippen molar-refractivity contribution in [1.82, 2.24) is 10.0 Å². The SMILES string of the molecule is C1CCC(NC2CCCCC2)CC1.C[C@H](N[S+]([O-])c1ccccc1[N+](=O)[O-])C(=O)O. The van der Waals surface area contributed by atoms with Crippen molar-refractivity contribution in [2.24, 2.45) is 0 Å². The molecule has 2 saturated carbocycles. The molecule has 2 fully saturated rings. The zero-order valence-electron chi connectivity index (χ0n) is 17.5. The summed E-state index contributed by atoms with van der Waals surface area (Å²) < 4.78 is 14.0. The third kappa shape index (κ3) is 8.22. The molecule has 0 heterocycles. The maximum Gasteiger partial charge on any atom is 0.325 e. The van der Waals surface area contributed by atoms with E-state index >= 15 is 0 Å². The summed E-state index contributed by atoms with van der Waals surface area (Å²) in [7, 11) is 0. The standard InChI is InChI=1S/C12H23N.C9H10N2O5S/c1-3-7-11(8-4-1)13-12-9-5-2-6-10-12;1-6(9(12)13)10-17(16)8-5-3-2-4-7(8)11(14)15/h11-13H,1-10H2;2-6,10H,1H3,(H,12,13)/t;6-,17?/m.0/s1. The van der Waals surface area contributed by atoms with E-state index in [2.05, 4.69) is 10.0 Å². The van der Waals surface area contributed by atoms with Crippen LogP contribution in [0.4, 0.5) is 5.69 Å². The van der Waals surface area contributed by atoms with E-state index in [0.717, 1.165) is 12.1 Å². The fourth-order valence-electron chi connectivity index (χ4n) is 3.91. The van der Waals surface area contributed by atoms with Gasteiger partial charge in [-0.3, -0.25) is 14.9 Å². The predicted octanol–water partition coefficient (Wildman–Crippen LogP) is 3.92. The number of para-hydroxylation sites is 1. The number of rotatable bonds is 7. The molecular weight excluding hydrogens is 406 g/mol. The lowest BCUT2D eigenvalue weighted by atomic mass is 9.91. The maximum atomic E-state index is 11.7. The summed E-state index contributed by atoms with van der Waals surface area (Å²) in [4.78, 5) is 20.5. The van der Waals surface area contributed by atoms with Crippen LogP contribution in [-0.2, 0) is 16.2 Å². The van der Waals surface area contributed by atoms with Gasteiger partial charge in [0.2, 0.25) is 0 Å². The molecule has 168 valence electrons. The third-order valence-electron chi connectivity index (χ3n) is 5.60. The smallest absolute Gasteiger partial charge is 0.325 e. The Bertz CT molecular complexity index is 662. The van der Waals surface area contributed by atoms with Crippen LogP contribution in [0.3, 0.4) is 0 Å². The van der Waals surface area contributed by atoms with Crippen molar-refractivity contribution in [1.29, 1.82) is 0 Å². The van der Waals surface area contributed by atoms with Crippen LogP contribution in [0.25, 0.3) is 0 Å². The molecule has 0 radical (unpaired) electrons. The van der Waals surface area contributed by atoms with E-state index < -0.39 is 28.3 Å². The fourth-order valence-corrected chi connectivity index (χ4v) is 4.99. The molecule has 2 aliphatic carbocycles. The summed E-state index contributed by atoms with van der Waals surface area (Å²) in [6.07, 6.45) is 14.6. The minimum absolute atomic E-state index is 0.0504. The van der Waals surface area contributed by atoms with Gasteiger partial charge in [-0.2, -0.15) is 0 Å². The molecule has 30 heavy (non-hydrogen) atoms. The predicted molar refractivity (Wildman–Crippen MR) is 117 cm³/mol. The Hall–Kier alpha value is -1.68. The molecule has 0 amide bonds. The summed E-state index contributed by atoms with van der Waals surface area (Å²) in [5, 5.41) is 23.2. The summed E-state index contributed by atoms with van der Waals surface area (Å²) >= 11 is -1.94. The monoisotopic (exact) mass is 439 g/mol. The van der Waals surface area contributed by atoms with Gasteiger partial charge in [-0.25, -0.2) is 0 Å². The molecule has 2 atom stereocenters. The Labute approximate surface area is 181 Å². The normalized spacial score (nSPS) is 19.9. The highest BCUT2D eigenvalue weighted by Gasteiger charge is 2.27. The second-order valence-corrected chi connectivity index (χ2v) is 9.22. The molecule has 0 bridgehead atoms. The zero-order valence-corrected chi connectivity index (χ0v) is 18.4. The molecule has 0 saturated heterocycles. The number of benzene rings is 1. The number of nitrogens with one attached hydrogen (secondary N) is 2. The number of hydrogen-bond donors (Lipinski definition) is 3. The number of aliphatic carboxylic acids is 1. The van der Waals surface area contributed by atoms with Gasteiger partial charge in [-0.15, -0.1) is 4.72 Å². The van der Waals surface area contributed by atoms with E-state index in [4.69, 9.17) is 5.11 Å². The van der Waals surface area contributed by atoms with Gasteiger partial charge in [-0.1, -0.05) is 50.7 Å². The highest BCUT2D eigenvalue weighted by molar-refractivity contribution is 7.89. The molecule has 0 aromatic heterocycles. The van der Waals surface area contributed by atoms with Gasteiger partial charge in [0.25, 0.3) is 4.90 Å². The van der Waals surface area contributed by atoms with Gasteiger partial charge in [0.05, 0.1) is 16.3 Å². The van der Waals surface area contributed by atoms with Gasteiger partial charge >= 0.3 is 11.7 Å². The first-order chi connectivity index (χ1) is 14.4. The quantitative estimate of drug-likeness (QED) is 0.334. The van der Waals surface area contributed by atoms with E-state index in [9.17, 15) is 19.5 Å². The summed E-state index contributed by atoms with van der Waals surface area (Å²) in [6, 6.07) is 6.15. The first kappa shape index (κ1) is 24.6. The Morgan fingerprint density at radius 2 is 1.57 bits per heavy atom. The molecule has 3 rings (SSSR count). The molecule has 1 unspecified atom stereocenters. The van der Waals surface area contributed by atoms with Crippen molar-refractivity contribution in [2.45, 2.75) is 94.2 Å². The van der Waals surface area contributed by atoms with Gasteiger partial charge in [0, 0.05) is 24.2 Å². The van der Waals surface area contributed by atoms with E-state index in [0.29, 0.717) is 0 Å². The van der Waals surface area contributed by atoms with Crippen molar-refractivity contribution in [3.63, 3.8) is 0 Å². The Morgan fingerprint density at radius 1 is 1.07 bits per heavy atom. The second kappa shape index (κ2) is 12.9. The highest BCUT2D eigenvalue weighted by atomic mass is 32.2. The van der Waals surface area contributed by atoms with Gasteiger partial charge in [-0.05, 0) is 32.6 Å². The number of hydrogen-bond acceptors (Lipinski definition) is 6. The van der Waals surface area contributed by atoms with Crippen LogP contribution in [-0.4, -0.2) is 38.7 Å². The van der Waals surface area contributed by atoms with E-state index in [-0.39, 0.29) is 10.6 Å². The van der Waals surface area contributed by atoms with Gasteiger partial charge in [0.1, 0.15) is 6.04 Å². The number of carboxylic acids is 1. The minimum atomic E-state index is -1.94. The van der Waals surface area contributed by atoms with Crippen LogP contribution < -0.4 is 10.0 Å². The zero-order chi connectivity index (χ0) is 21.9. The number of carbonyl (C=O) groups is 1. The van der Waals surface area contributed by atoms with Gasteiger partial charge < -0.3 is 15.0 Å². The molecular formula is C21H33N3O5S. The topological polar surface area (TPSA) is 128 Å². The fraction of sp³-hybridized carbons (Fsp3) is 0.667. The van der Waals surface area contributed by atoms with Gasteiger partial charge in [0.15, 0.2) is 0 Å². The molecule has 1 aromatic rings. The molecule has 2 aliphatic rings. The second-order valence-electron chi connectivity index (χ2n) is 8.01. The Kier molecular flexibility index (Phi) is 10.6. The Morgan fingerprint density at radius 3 is 2.03 bits per heavy atom. The van der Waals surface area contributed by atoms with E-state index in [1.807, 2.05) is 0 Å². The molecule has 1 aromatic carbocycles. The van der Waals surface area contributed by atoms with Crippen LogP contribution in [0, 0.1) is 10.1 Å². The number of nitro groups is 1. The minimum Gasteiger partial charge on any atom is -0.593 e. The molecule has 8 nitrogen and oxygen atoms in total. The van der Waals surface area contributed by atoms with Crippen molar-refractivity contribution in [3.8, 4) is 0 Å². The first-order valence-corrected chi connectivity index (χ1v) is 11.9. The number of nitro benzene ring substituents is 1. The van der Waals surface area contributed by atoms with E-state index in [1.54, 1.807) is 0 Å². The van der Waals surface area contributed by atoms with Crippen molar-refractivity contribution in [3.05, 3.63) is 34.4 Å². The Balaban J connectivity index is 0.000000220. The molecule has 9 heteroatoms. The third-order valence-corrected chi connectivity index (χ3v) is 6.91. The van der Waals surface area contributed by atoms with Crippen LogP contribution in [0.15, 0.2) is 29.2 Å². The van der Waals surface area contributed by atoms with Crippen LogP contribution >= 0.6 is 0 Å². The lowest BCUT2D eigenvalue weighted by Gasteiger charge is -2.30. The number of carboxylic acid groups (broad SMARTS) is 1. The highest BCUT2D eigenvalue weighted by Crippen LogP contribution is 2.23. The summed E-state index contributed by atoms with van der Waals surface area (Å²) in [5.41, 5.74) is -0.309. The molecule has 3 N–H and O–H groups in total. The van der Waals surface area contributed by atoms with Crippen molar-refractivity contribution < 1.29 is 19.4 Å². The van der Waals surface area contributed by atoms with Crippen LogP contribution in [0.5, 0.6) is 0 Å². The van der Waals surface area contributed by atoms with Crippen molar-refractivity contribution >= 4 is 23.0 Å². The van der Waals surface area contributed by atoms with Crippen LogP contribution in [0.1, 0.15) is 71.1 Å². The van der Waals surface area contributed by atoms with E-state index in [1.165, 1.54) is 95.4 Å². The lowest BCUT2D eigenvalue weighted by Crippen LogP contribution is -2.40. The summed E-state index contributed by atoms with van der Waals surface area (Å²) in [5.74, 6) is -1.18. The summed E-state index contributed by atoms with van der Waals surface area (Å²) in [6.45, 7) is 1.30. The van der Waals surface area contributed by atoms with Crippen LogP contribution in [0.2, 0.25) is 0 Å². The molecule has 0 aliphatic heterocycles. The first-order valence-electron chi connectivity index (χ1n) is 10.8. The number of nitrogens with zero attached hydrogens (tertiary/aromatic N) is 1. The largest absolute Gasteiger partial charge is 0.593 e. The molecule has 0 spiro atoms.